The lowest BCUT2D eigenvalue weighted by Gasteiger charge is -2.09. The monoisotopic (exact) mass is 226 g/mol. The Bertz CT molecular complexity index is 504. The standard InChI is InChI=1S/C15H18N2/c1-11(2)8-12-4-3-5-13(9-12)14-10-17-7-6-15(14)16/h3-7,9-11H,8H2,1-2H3,(H2,16,17). The Morgan fingerprint density at radius 1 is 1.24 bits per heavy atom. The molecule has 1 heterocycles. The van der Waals surface area contributed by atoms with Crippen molar-refractivity contribution < 1.29 is 0 Å². The molecule has 2 heteroatoms. The van der Waals surface area contributed by atoms with Crippen LogP contribution in [0, 0.1) is 5.92 Å². The van der Waals surface area contributed by atoms with Gasteiger partial charge in [0.2, 0.25) is 0 Å². The maximum absolute atomic E-state index is 5.96. The Balaban J connectivity index is 2.37. The van der Waals surface area contributed by atoms with Gasteiger partial charge in [-0.25, -0.2) is 0 Å². The van der Waals surface area contributed by atoms with Crippen molar-refractivity contribution >= 4 is 5.69 Å². The SMILES string of the molecule is CC(C)Cc1cccc(-c2cnccc2N)c1. The molecule has 0 spiro atoms. The molecule has 2 rings (SSSR count). The third-order valence-corrected chi connectivity index (χ3v) is 2.74. The highest BCUT2D eigenvalue weighted by molar-refractivity contribution is 5.75. The highest BCUT2D eigenvalue weighted by atomic mass is 14.7. The normalized spacial score (nSPS) is 10.8. The number of pyridine rings is 1. The summed E-state index contributed by atoms with van der Waals surface area (Å²) in [5, 5.41) is 0. The predicted octanol–water partition coefficient (Wildman–Crippen LogP) is 3.53. The van der Waals surface area contributed by atoms with Gasteiger partial charge in [0.15, 0.2) is 0 Å². The van der Waals surface area contributed by atoms with E-state index >= 15 is 0 Å². The Morgan fingerprint density at radius 2 is 2.06 bits per heavy atom. The molecule has 0 aliphatic carbocycles. The molecule has 88 valence electrons. The summed E-state index contributed by atoms with van der Waals surface area (Å²) in [6, 6.07) is 10.4. The molecular weight excluding hydrogens is 208 g/mol. The van der Waals surface area contributed by atoms with Gasteiger partial charge in [0.05, 0.1) is 0 Å². The van der Waals surface area contributed by atoms with Gasteiger partial charge in [-0.1, -0.05) is 38.1 Å². The molecule has 0 bridgehead atoms. The van der Waals surface area contributed by atoms with Gasteiger partial charge in [0.1, 0.15) is 0 Å². The van der Waals surface area contributed by atoms with Crippen molar-refractivity contribution in [2.24, 2.45) is 5.92 Å². The van der Waals surface area contributed by atoms with E-state index in [4.69, 9.17) is 5.73 Å². The van der Waals surface area contributed by atoms with Crippen LogP contribution in [0.2, 0.25) is 0 Å². The van der Waals surface area contributed by atoms with Crippen molar-refractivity contribution in [3.8, 4) is 11.1 Å². The van der Waals surface area contributed by atoms with Crippen LogP contribution in [0.15, 0.2) is 42.7 Å². The van der Waals surface area contributed by atoms with Gasteiger partial charge in [-0.2, -0.15) is 0 Å². The van der Waals surface area contributed by atoms with Crippen molar-refractivity contribution in [3.63, 3.8) is 0 Å². The van der Waals surface area contributed by atoms with Crippen molar-refractivity contribution in [1.29, 1.82) is 0 Å². The number of anilines is 1. The van der Waals surface area contributed by atoms with E-state index in [1.165, 1.54) is 5.56 Å². The fourth-order valence-electron chi connectivity index (χ4n) is 1.98. The van der Waals surface area contributed by atoms with Crippen LogP contribution in [-0.4, -0.2) is 4.98 Å². The molecule has 17 heavy (non-hydrogen) atoms. The summed E-state index contributed by atoms with van der Waals surface area (Å²) >= 11 is 0. The quantitative estimate of drug-likeness (QED) is 0.869. The van der Waals surface area contributed by atoms with Gasteiger partial charge in [0, 0.05) is 23.6 Å². The van der Waals surface area contributed by atoms with Crippen LogP contribution in [0.4, 0.5) is 5.69 Å². The molecule has 0 saturated heterocycles. The number of rotatable bonds is 3. The number of nitrogen functional groups attached to an aromatic ring is 1. The van der Waals surface area contributed by atoms with Gasteiger partial charge < -0.3 is 5.73 Å². The van der Waals surface area contributed by atoms with E-state index < -0.39 is 0 Å². The minimum Gasteiger partial charge on any atom is -0.398 e. The number of benzene rings is 1. The second-order valence-corrected chi connectivity index (χ2v) is 4.76. The van der Waals surface area contributed by atoms with E-state index in [0.717, 1.165) is 23.2 Å². The van der Waals surface area contributed by atoms with E-state index in [0.29, 0.717) is 5.92 Å². The topological polar surface area (TPSA) is 38.9 Å². The summed E-state index contributed by atoms with van der Waals surface area (Å²) in [6.45, 7) is 4.45. The molecule has 0 atom stereocenters. The highest BCUT2D eigenvalue weighted by Gasteiger charge is 2.04. The van der Waals surface area contributed by atoms with Crippen LogP contribution in [0.1, 0.15) is 19.4 Å². The van der Waals surface area contributed by atoms with E-state index in [1.807, 2.05) is 12.3 Å². The number of aromatic nitrogens is 1. The molecule has 2 aromatic rings. The Hall–Kier alpha value is -1.83. The molecule has 0 aliphatic heterocycles. The maximum Gasteiger partial charge on any atom is 0.0424 e. The fraction of sp³-hybridized carbons (Fsp3) is 0.267. The molecule has 1 aromatic carbocycles. The number of nitrogens with two attached hydrogens (primary N) is 1. The molecule has 0 amide bonds. The average molecular weight is 226 g/mol. The maximum atomic E-state index is 5.96. The van der Waals surface area contributed by atoms with E-state index in [-0.39, 0.29) is 0 Å². The Labute approximate surface area is 103 Å². The van der Waals surface area contributed by atoms with Gasteiger partial charge in [0.25, 0.3) is 0 Å². The lowest BCUT2D eigenvalue weighted by molar-refractivity contribution is 0.647. The van der Waals surface area contributed by atoms with Crippen LogP contribution in [0.3, 0.4) is 0 Å². The zero-order valence-electron chi connectivity index (χ0n) is 10.4. The first-order valence-corrected chi connectivity index (χ1v) is 5.95. The van der Waals surface area contributed by atoms with E-state index in [1.54, 1.807) is 6.20 Å². The summed E-state index contributed by atoms with van der Waals surface area (Å²) in [7, 11) is 0. The Kier molecular flexibility index (Phi) is 3.43. The molecule has 2 nitrogen and oxygen atoms in total. The molecule has 0 radical (unpaired) electrons. The molecule has 0 unspecified atom stereocenters. The number of hydrogen-bond donors (Lipinski definition) is 1. The predicted molar refractivity (Wildman–Crippen MR) is 72.6 cm³/mol. The largest absolute Gasteiger partial charge is 0.398 e. The first-order chi connectivity index (χ1) is 8.16. The summed E-state index contributed by atoms with van der Waals surface area (Å²) in [5.74, 6) is 0.663. The molecule has 1 aromatic heterocycles. The highest BCUT2D eigenvalue weighted by Crippen LogP contribution is 2.25. The van der Waals surface area contributed by atoms with E-state index in [2.05, 4.69) is 43.1 Å². The third kappa shape index (κ3) is 2.84. The molecule has 0 fully saturated rings. The van der Waals surface area contributed by atoms with Crippen LogP contribution in [-0.2, 0) is 6.42 Å². The minimum atomic E-state index is 0.663. The smallest absolute Gasteiger partial charge is 0.0424 e. The number of hydrogen-bond acceptors (Lipinski definition) is 2. The first-order valence-electron chi connectivity index (χ1n) is 5.95. The zero-order chi connectivity index (χ0) is 12.3. The molecule has 0 aliphatic rings. The van der Waals surface area contributed by atoms with Crippen LogP contribution < -0.4 is 5.73 Å². The second-order valence-electron chi connectivity index (χ2n) is 4.76. The molecular formula is C15H18N2. The summed E-state index contributed by atoms with van der Waals surface area (Å²) in [6.07, 6.45) is 4.63. The van der Waals surface area contributed by atoms with Crippen molar-refractivity contribution in [1.82, 2.24) is 4.98 Å². The van der Waals surface area contributed by atoms with Crippen molar-refractivity contribution in [2.75, 3.05) is 5.73 Å². The van der Waals surface area contributed by atoms with Crippen LogP contribution in [0.25, 0.3) is 11.1 Å². The van der Waals surface area contributed by atoms with Gasteiger partial charge in [-0.05, 0) is 29.5 Å². The second kappa shape index (κ2) is 5.00. The molecule has 0 saturated carbocycles. The summed E-state index contributed by atoms with van der Waals surface area (Å²) in [4.78, 5) is 4.13. The van der Waals surface area contributed by atoms with Gasteiger partial charge in [-0.3, -0.25) is 4.98 Å². The van der Waals surface area contributed by atoms with E-state index in [9.17, 15) is 0 Å². The summed E-state index contributed by atoms with van der Waals surface area (Å²) in [5.41, 5.74) is 10.3. The van der Waals surface area contributed by atoms with Crippen molar-refractivity contribution in [3.05, 3.63) is 48.3 Å². The first kappa shape index (κ1) is 11.6. The average Bonchev–Trinajstić information content (AvgIpc) is 2.29. The fourth-order valence-corrected chi connectivity index (χ4v) is 1.98. The van der Waals surface area contributed by atoms with Crippen LogP contribution in [0.5, 0.6) is 0 Å². The Morgan fingerprint density at radius 3 is 2.76 bits per heavy atom. The lowest BCUT2D eigenvalue weighted by atomic mass is 9.98. The molecule has 2 N–H and O–H groups in total. The zero-order valence-corrected chi connectivity index (χ0v) is 10.4. The van der Waals surface area contributed by atoms with Gasteiger partial charge >= 0.3 is 0 Å². The lowest BCUT2D eigenvalue weighted by Crippen LogP contribution is -1.95. The van der Waals surface area contributed by atoms with Crippen molar-refractivity contribution in [2.45, 2.75) is 20.3 Å². The third-order valence-electron chi connectivity index (χ3n) is 2.74. The summed E-state index contributed by atoms with van der Waals surface area (Å²) < 4.78 is 0. The minimum absolute atomic E-state index is 0.663. The van der Waals surface area contributed by atoms with Crippen LogP contribution >= 0.6 is 0 Å². The number of nitrogens with zero attached hydrogens (tertiary/aromatic N) is 1. The van der Waals surface area contributed by atoms with Gasteiger partial charge in [-0.15, -0.1) is 0 Å².